The molecule has 8 heteroatoms. The summed E-state index contributed by atoms with van der Waals surface area (Å²) in [4.78, 5) is 25.5. The Kier molecular flexibility index (Phi) is 6.94. The zero-order chi connectivity index (χ0) is 19.8. The van der Waals surface area contributed by atoms with E-state index in [2.05, 4.69) is 5.32 Å². The Morgan fingerprint density at radius 3 is 2.18 bits per heavy atom. The largest absolute Gasteiger partial charge is 0.463 e. The molecule has 3 aromatic rings. The van der Waals surface area contributed by atoms with Crippen LogP contribution >= 0.6 is 11.8 Å². The van der Waals surface area contributed by atoms with Crippen LogP contribution < -0.4 is 16.0 Å². The molecule has 1 aromatic carbocycles. The van der Waals surface area contributed by atoms with Crippen molar-refractivity contribution in [2.45, 2.75) is 18.0 Å². The lowest BCUT2D eigenvalue weighted by Crippen LogP contribution is -3.10. The summed E-state index contributed by atoms with van der Waals surface area (Å²) in [5.41, 5.74) is 5.88. The normalized spacial score (nSPS) is 10.9. The molecule has 0 aliphatic heterocycles. The van der Waals surface area contributed by atoms with E-state index in [0.717, 1.165) is 21.3 Å². The highest BCUT2D eigenvalue weighted by Gasteiger charge is 2.19. The Morgan fingerprint density at radius 1 is 0.964 bits per heavy atom. The molecular formula is C20H22N3O4S+. The van der Waals surface area contributed by atoms with Crippen molar-refractivity contribution in [3.63, 3.8) is 0 Å². The molecule has 3 rings (SSSR count). The summed E-state index contributed by atoms with van der Waals surface area (Å²) in [7, 11) is 0. The van der Waals surface area contributed by atoms with Gasteiger partial charge in [0.25, 0.3) is 5.91 Å². The number of hydrogen-bond donors (Lipinski definition) is 3. The predicted octanol–water partition coefficient (Wildman–Crippen LogP) is 1.67. The van der Waals surface area contributed by atoms with Crippen LogP contribution in [0.15, 0.2) is 74.8 Å². The fourth-order valence-corrected chi connectivity index (χ4v) is 3.52. The maximum Gasteiger partial charge on any atom is 0.279 e. The van der Waals surface area contributed by atoms with E-state index in [0.29, 0.717) is 18.8 Å². The maximum absolute atomic E-state index is 12.7. The third-order valence-electron chi connectivity index (χ3n) is 3.95. The zero-order valence-electron chi connectivity index (χ0n) is 15.2. The number of para-hydroxylation sites is 1. The summed E-state index contributed by atoms with van der Waals surface area (Å²) in [6.07, 6.45) is 3.23. The summed E-state index contributed by atoms with van der Waals surface area (Å²) >= 11 is 1.30. The van der Waals surface area contributed by atoms with E-state index >= 15 is 0 Å². The predicted molar refractivity (Wildman–Crippen MR) is 106 cm³/mol. The molecule has 0 aliphatic rings. The van der Waals surface area contributed by atoms with Crippen molar-refractivity contribution < 1.29 is 23.3 Å². The highest BCUT2D eigenvalue weighted by Crippen LogP contribution is 2.26. The molecule has 0 radical (unpaired) electrons. The minimum absolute atomic E-state index is 0.139. The molecular weight excluding hydrogens is 378 g/mol. The first-order valence-corrected chi connectivity index (χ1v) is 9.77. The summed E-state index contributed by atoms with van der Waals surface area (Å²) in [6.45, 7) is 1.34. The van der Waals surface area contributed by atoms with E-state index in [9.17, 15) is 9.59 Å². The van der Waals surface area contributed by atoms with Crippen molar-refractivity contribution in [3.8, 4) is 0 Å². The first-order valence-electron chi connectivity index (χ1n) is 8.78. The highest BCUT2D eigenvalue weighted by atomic mass is 32.2. The molecule has 0 aliphatic carbocycles. The minimum Gasteiger partial charge on any atom is -0.463 e. The minimum atomic E-state index is -0.404. The number of furan rings is 2. The molecule has 0 spiro atoms. The molecule has 0 saturated heterocycles. The molecule has 4 N–H and O–H groups in total. The lowest BCUT2D eigenvalue weighted by atomic mass is 10.3. The van der Waals surface area contributed by atoms with Crippen LogP contribution in [0.3, 0.4) is 0 Å². The van der Waals surface area contributed by atoms with Gasteiger partial charge in [-0.3, -0.25) is 9.59 Å². The number of carbonyl (C=O) groups excluding carboxylic acids is 2. The van der Waals surface area contributed by atoms with E-state index < -0.39 is 5.91 Å². The number of primary amides is 1. The summed E-state index contributed by atoms with van der Waals surface area (Å²) < 4.78 is 10.9. The van der Waals surface area contributed by atoms with Crippen LogP contribution in [-0.4, -0.2) is 24.1 Å². The lowest BCUT2D eigenvalue weighted by Gasteiger charge is -2.17. The van der Waals surface area contributed by atoms with Crippen molar-refractivity contribution in [3.05, 3.63) is 72.6 Å². The number of rotatable bonds is 10. The fraction of sp³-hybridized carbons (Fsp3) is 0.200. The van der Waals surface area contributed by atoms with Crippen LogP contribution in [0.1, 0.15) is 11.5 Å². The van der Waals surface area contributed by atoms with Crippen LogP contribution in [0.4, 0.5) is 5.69 Å². The van der Waals surface area contributed by atoms with Gasteiger partial charge in [0.15, 0.2) is 18.1 Å². The van der Waals surface area contributed by atoms with Gasteiger partial charge in [0, 0.05) is 4.90 Å². The number of carbonyl (C=O) groups is 2. The van der Waals surface area contributed by atoms with Gasteiger partial charge in [-0.2, -0.15) is 0 Å². The lowest BCUT2D eigenvalue weighted by molar-refractivity contribution is -0.921. The van der Waals surface area contributed by atoms with Crippen molar-refractivity contribution in [1.82, 2.24) is 0 Å². The average Bonchev–Trinajstić information content (AvgIpc) is 3.35. The van der Waals surface area contributed by atoms with Crippen LogP contribution in [-0.2, 0) is 22.7 Å². The highest BCUT2D eigenvalue weighted by molar-refractivity contribution is 8.00. The first-order chi connectivity index (χ1) is 13.6. The number of nitrogens with one attached hydrogen (secondary N) is 2. The van der Waals surface area contributed by atoms with Crippen molar-refractivity contribution in [1.29, 1.82) is 0 Å². The summed E-state index contributed by atoms with van der Waals surface area (Å²) in [6, 6.07) is 14.8. The number of nitrogens with two attached hydrogens (primary N) is 1. The number of benzene rings is 1. The van der Waals surface area contributed by atoms with E-state index in [4.69, 9.17) is 14.6 Å². The molecule has 28 heavy (non-hydrogen) atoms. The maximum atomic E-state index is 12.7. The third kappa shape index (κ3) is 6.04. The van der Waals surface area contributed by atoms with Crippen LogP contribution in [0.2, 0.25) is 0 Å². The molecule has 0 fully saturated rings. The standard InChI is InChI=1S/C20H21N3O4S/c21-19(24)14-28-18-8-2-1-7-17(18)22-20(25)13-23(11-15-5-3-9-26-15)12-16-6-4-10-27-16/h1-10H,11-14H2,(H2,21,24)(H,22,25)/p+1. The fourth-order valence-electron chi connectivity index (χ4n) is 2.77. The smallest absolute Gasteiger partial charge is 0.279 e. The molecule has 0 bridgehead atoms. The van der Waals surface area contributed by atoms with Gasteiger partial charge in [0.05, 0.1) is 24.0 Å². The Hall–Kier alpha value is -2.97. The summed E-state index contributed by atoms with van der Waals surface area (Å²) in [5.74, 6) is 1.21. The molecule has 0 unspecified atom stereocenters. The van der Waals surface area contributed by atoms with E-state index in [1.54, 1.807) is 18.6 Å². The number of anilines is 1. The summed E-state index contributed by atoms with van der Waals surface area (Å²) in [5, 5.41) is 2.93. The van der Waals surface area contributed by atoms with Crippen molar-refractivity contribution >= 4 is 29.3 Å². The second-order valence-electron chi connectivity index (χ2n) is 6.24. The van der Waals surface area contributed by atoms with E-state index in [-0.39, 0.29) is 18.2 Å². The molecule has 0 saturated carbocycles. The van der Waals surface area contributed by atoms with Crippen molar-refractivity contribution in [2.24, 2.45) is 5.73 Å². The van der Waals surface area contributed by atoms with Crippen LogP contribution in [0, 0.1) is 0 Å². The second-order valence-corrected chi connectivity index (χ2v) is 7.26. The first kappa shape index (κ1) is 19.8. The quantitative estimate of drug-likeness (QED) is 0.449. The van der Waals surface area contributed by atoms with E-state index in [1.807, 2.05) is 42.5 Å². The molecule has 146 valence electrons. The SMILES string of the molecule is NC(=O)CSc1ccccc1NC(=O)C[NH+](Cc1ccco1)Cc1ccco1. The second kappa shape index (κ2) is 9.82. The Labute approximate surface area is 166 Å². The van der Waals surface area contributed by atoms with Gasteiger partial charge >= 0.3 is 0 Å². The Balaban J connectivity index is 1.65. The molecule has 0 atom stereocenters. The van der Waals surface area contributed by atoms with Gasteiger partial charge < -0.3 is 24.8 Å². The van der Waals surface area contributed by atoms with Gasteiger partial charge in [0.1, 0.15) is 13.1 Å². The average molecular weight is 400 g/mol. The van der Waals surface area contributed by atoms with Gasteiger partial charge in [-0.05, 0) is 36.4 Å². The van der Waals surface area contributed by atoms with Crippen LogP contribution in [0.5, 0.6) is 0 Å². The van der Waals surface area contributed by atoms with Crippen molar-refractivity contribution in [2.75, 3.05) is 17.6 Å². The number of amides is 2. The van der Waals surface area contributed by atoms with Gasteiger partial charge in [-0.25, -0.2) is 0 Å². The van der Waals surface area contributed by atoms with Gasteiger partial charge in [-0.15, -0.1) is 11.8 Å². The monoisotopic (exact) mass is 400 g/mol. The van der Waals surface area contributed by atoms with Gasteiger partial charge in [-0.1, -0.05) is 12.1 Å². The third-order valence-corrected chi connectivity index (χ3v) is 5.05. The zero-order valence-corrected chi connectivity index (χ0v) is 16.0. The molecule has 2 aromatic heterocycles. The van der Waals surface area contributed by atoms with E-state index in [1.165, 1.54) is 11.8 Å². The molecule has 7 nitrogen and oxygen atoms in total. The number of quaternary nitrogens is 1. The number of thioether (sulfide) groups is 1. The molecule has 2 heterocycles. The Bertz CT molecular complexity index is 858. The topological polar surface area (TPSA) is 103 Å². The Morgan fingerprint density at radius 2 is 1.61 bits per heavy atom. The van der Waals surface area contributed by atoms with Gasteiger partial charge in [0.2, 0.25) is 5.91 Å². The number of hydrogen-bond acceptors (Lipinski definition) is 5. The molecule has 2 amide bonds. The van der Waals surface area contributed by atoms with Crippen LogP contribution in [0.25, 0.3) is 0 Å².